The van der Waals surface area contributed by atoms with Crippen LogP contribution in [0.4, 0.5) is 11.5 Å². The molecule has 172 valence electrons. The normalized spacial score (nSPS) is 19.6. The summed E-state index contributed by atoms with van der Waals surface area (Å²) >= 11 is 0. The molecule has 2 aromatic rings. The number of hydrogen-bond donors (Lipinski definition) is 1. The molecule has 7 heteroatoms. The molecule has 0 atom stereocenters. The third-order valence-electron chi connectivity index (χ3n) is 6.72. The summed E-state index contributed by atoms with van der Waals surface area (Å²) in [5.41, 5.74) is 4.63. The monoisotopic (exact) mass is 437 g/mol. The van der Waals surface area contributed by atoms with Gasteiger partial charge in [0, 0.05) is 56.0 Å². The molecule has 0 amide bonds. The highest BCUT2D eigenvalue weighted by Crippen LogP contribution is 2.28. The minimum atomic E-state index is 0.593. The van der Waals surface area contributed by atoms with E-state index in [0.717, 1.165) is 100 Å². The van der Waals surface area contributed by atoms with Crippen molar-refractivity contribution in [1.29, 1.82) is 0 Å². The topological polar surface area (TPSA) is 62.8 Å². The molecule has 7 nitrogen and oxygen atoms in total. The summed E-state index contributed by atoms with van der Waals surface area (Å²) in [7, 11) is 0. The first-order valence-electron chi connectivity index (χ1n) is 12.2. The molecule has 1 aromatic carbocycles. The van der Waals surface area contributed by atoms with Gasteiger partial charge in [-0.05, 0) is 56.5 Å². The predicted molar refractivity (Wildman–Crippen MR) is 127 cm³/mol. The van der Waals surface area contributed by atoms with Crippen molar-refractivity contribution in [1.82, 2.24) is 14.9 Å². The van der Waals surface area contributed by atoms with E-state index in [0.29, 0.717) is 6.61 Å². The van der Waals surface area contributed by atoms with Crippen LogP contribution in [-0.2, 0) is 22.5 Å². The SMILES string of the molecule is c1cc(N2CCCCC2)ccc1-c1nc2c(c(NCCCN3CCOCC3)n1)COCC2. The fourth-order valence-electron chi connectivity index (χ4n) is 4.81. The van der Waals surface area contributed by atoms with Gasteiger partial charge in [0.1, 0.15) is 5.82 Å². The van der Waals surface area contributed by atoms with E-state index in [-0.39, 0.29) is 0 Å². The van der Waals surface area contributed by atoms with Crippen LogP contribution >= 0.6 is 0 Å². The van der Waals surface area contributed by atoms with Crippen molar-refractivity contribution in [3.8, 4) is 11.4 Å². The lowest BCUT2D eigenvalue weighted by Crippen LogP contribution is -2.37. The number of nitrogens with zero attached hydrogens (tertiary/aromatic N) is 4. The molecule has 2 fully saturated rings. The van der Waals surface area contributed by atoms with Gasteiger partial charge in [-0.3, -0.25) is 4.90 Å². The molecule has 4 heterocycles. The van der Waals surface area contributed by atoms with E-state index in [4.69, 9.17) is 19.4 Å². The Hall–Kier alpha value is -2.22. The van der Waals surface area contributed by atoms with Gasteiger partial charge in [-0.1, -0.05) is 0 Å². The van der Waals surface area contributed by atoms with Crippen LogP contribution in [0.25, 0.3) is 11.4 Å². The fourth-order valence-corrected chi connectivity index (χ4v) is 4.81. The first kappa shape index (κ1) is 21.6. The van der Waals surface area contributed by atoms with E-state index >= 15 is 0 Å². The van der Waals surface area contributed by atoms with Gasteiger partial charge in [0.15, 0.2) is 5.82 Å². The lowest BCUT2D eigenvalue weighted by Gasteiger charge is -2.28. The summed E-state index contributed by atoms with van der Waals surface area (Å²) in [6.45, 7) is 9.40. The minimum absolute atomic E-state index is 0.593. The number of hydrogen-bond acceptors (Lipinski definition) is 7. The lowest BCUT2D eigenvalue weighted by molar-refractivity contribution is 0.0378. The summed E-state index contributed by atoms with van der Waals surface area (Å²) in [5, 5.41) is 3.59. The highest BCUT2D eigenvalue weighted by atomic mass is 16.5. The van der Waals surface area contributed by atoms with Crippen molar-refractivity contribution in [2.24, 2.45) is 0 Å². The maximum atomic E-state index is 5.72. The molecular weight excluding hydrogens is 402 g/mol. The molecule has 0 bridgehead atoms. The van der Waals surface area contributed by atoms with Gasteiger partial charge < -0.3 is 19.7 Å². The molecule has 5 rings (SSSR count). The standard InChI is InChI=1S/C25H35N5O2/c1-2-12-30(13-3-1)21-7-5-20(6-8-21)24-27-23-9-16-32-19-22(23)25(28-24)26-10-4-11-29-14-17-31-18-15-29/h5-8H,1-4,9-19H2,(H,26,27,28). The van der Waals surface area contributed by atoms with Gasteiger partial charge in [-0.25, -0.2) is 9.97 Å². The van der Waals surface area contributed by atoms with E-state index in [9.17, 15) is 0 Å². The summed E-state index contributed by atoms with van der Waals surface area (Å²) < 4.78 is 11.2. The van der Waals surface area contributed by atoms with Gasteiger partial charge in [0.2, 0.25) is 0 Å². The first-order chi connectivity index (χ1) is 15.9. The van der Waals surface area contributed by atoms with Gasteiger partial charge in [0.25, 0.3) is 0 Å². The molecule has 2 saturated heterocycles. The van der Waals surface area contributed by atoms with Crippen molar-refractivity contribution < 1.29 is 9.47 Å². The molecule has 0 unspecified atom stereocenters. The molecule has 0 saturated carbocycles. The Labute approximate surface area is 191 Å². The Morgan fingerprint density at radius 3 is 2.50 bits per heavy atom. The van der Waals surface area contributed by atoms with Gasteiger partial charge >= 0.3 is 0 Å². The summed E-state index contributed by atoms with van der Waals surface area (Å²) in [6, 6.07) is 8.80. The average molecular weight is 438 g/mol. The van der Waals surface area contributed by atoms with Crippen molar-refractivity contribution in [3.63, 3.8) is 0 Å². The van der Waals surface area contributed by atoms with Crippen LogP contribution in [-0.4, -0.2) is 74.0 Å². The zero-order valence-electron chi connectivity index (χ0n) is 19.0. The zero-order chi connectivity index (χ0) is 21.6. The number of benzene rings is 1. The Morgan fingerprint density at radius 2 is 1.69 bits per heavy atom. The number of morpholine rings is 1. The molecule has 0 aliphatic carbocycles. The van der Waals surface area contributed by atoms with E-state index in [1.165, 1.54) is 24.9 Å². The van der Waals surface area contributed by atoms with Crippen LogP contribution in [0.15, 0.2) is 24.3 Å². The first-order valence-corrected chi connectivity index (χ1v) is 12.2. The second kappa shape index (κ2) is 10.6. The quantitative estimate of drug-likeness (QED) is 0.667. The van der Waals surface area contributed by atoms with Crippen LogP contribution in [0.2, 0.25) is 0 Å². The Bertz CT molecular complexity index is 877. The Morgan fingerprint density at radius 1 is 0.875 bits per heavy atom. The summed E-state index contributed by atoms with van der Waals surface area (Å²) in [5.74, 6) is 1.75. The smallest absolute Gasteiger partial charge is 0.161 e. The minimum Gasteiger partial charge on any atom is -0.379 e. The zero-order valence-corrected chi connectivity index (χ0v) is 19.0. The molecule has 1 aromatic heterocycles. The summed E-state index contributed by atoms with van der Waals surface area (Å²) in [4.78, 5) is 14.8. The Balaban J connectivity index is 1.28. The van der Waals surface area contributed by atoms with E-state index in [1.54, 1.807) is 0 Å². The van der Waals surface area contributed by atoms with Gasteiger partial charge in [-0.15, -0.1) is 0 Å². The maximum Gasteiger partial charge on any atom is 0.161 e. The van der Waals surface area contributed by atoms with Crippen LogP contribution in [0.5, 0.6) is 0 Å². The van der Waals surface area contributed by atoms with Crippen molar-refractivity contribution in [2.75, 3.05) is 69.3 Å². The van der Waals surface area contributed by atoms with Gasteiger partial charge in [0.05, 0.1) is 32.1 Å². The van der Waals surface area contributed by atoms with Gasteiger partial charge in [-0.2, -0.15) is 0 Å². The highest BCUT2D eigenvalue weighted by molar-refractivity contribution is 5.63. The van der Waals surface area contributed by atoms with Crippen molar-refractivity contribution >= 4 is 11.5 Å². The molecule has 32 heavy (non-hydrogen) atoms. The number of ether oxygens (including phenoxy) is 2. The number of aromatic nitrogens is 2. The molecular formula is C25H35N5O2. The van der Waals surface area contributed by atoms with Crippen molar-refractivity contribution in [3.05, 3.63) is 35.5 Å². The third kappa shape index (κ3) is 5.22. The number of rotatable bonds is 7. The molecule has 0 spiro atoms. The fraction of sp³-hybridized carbons (Fsp3) is 0.600. The van der Waals surface area contributed by atoms with Crippen LogP contribution < -0.4 is 10.2 Å². The van der Waals surface area contributed by atoms with Crippen molar-refractivity contribution in [2.45, 2.75) is 38.7 Å². The average Bonchev–Trinajstić information content (AvgIpc) is 2.87. The number of fused-ring (bicyclic) bond motifs is 1. The number of nitrogens with one attached hydrogen (secondary N) is 1. The van der Waals surface area contributed by atoms with Crippen LogP contribution in [0, 0.1) is 0 Å². The Kier molecular flexibility index (Phi) is 7.16. The van der Waals surface area contributed by atoms with E-state index in [2.05, 4.69) is 39.4 Å². The molecule has 3 aliphatic rings. The molecule has 3 aliphatic heterocycles. The largest absolute Gasteiger partial charge is 0.379 e. The third-order valence-corrected chi connectivity index (χ3v) is 6.72. The highest BCUT2D eigenvalue weighted by Gasteiger charge is 2.19. The molecule has 1 N–H and O–H groups in total. The summed E-state index contributed by atoms with van der Waals surface area (Å²) in [6.07, 6.45) is 5.86. The number of anilines is 2. The number of piperidine rings is 1. The van der Waals surface area contributed by atoms with Crippen LogP contribution in [0.1, 0.15) is 36.9 Å². The lowest BCUT2D eigenvalue weighted by atomic mass is 10.1. The van der Waals surface area contributed by atoms with Crippen LogP contribution in [0.3, 0.4) is 0 Å². The predicted octanol–water partition coefficient (Wildman–Crippen LogP) is 3.34. The second-order valence-corrected chi connectivity index (χ2v) is 8.95. The van der Waals surface area contributed by atoms with E-state index < -0.39 is 0 Å². The van der Waals surface area contributed by atoms with E-state index in [1.807, 2.05) is 0 Å². The molecule has 0 radical (unpaired) electrons. The second-order valence-electron chi connectivity index (χ2n) is 8.95. The maximum absolute atomic E-state index is 5.72.